The number of halogens is 2. The lowest BCUT2D eigenvalue weighted by Crippen LogP contribution is -2.28. The van der Waals surface area contributed by atoms with Crippen LogP contribution in [0, 0.1) is 0 Å². The summed E-state index contributed by atoms with van der Waals surface area (Å²) in [7, 11) is 0. The fourth-order valence-corrected chi connectivity index (χ4v) is 1.70. The van der Waals surface area contributed by atoms with Crippen molar-refractivity contribution in [3.05, 3.63) is 54.0 Å². The van der Waals surface area contributed by atoms with Crippen molar-refractivity contribution in [3.63, 3.8) is 0 Å². The monoisotopic (exact) mass is 297 g/mol. The molecule has 1 atom stereocenters. The number of hydrogen-bond donors (Lipinski definition) is 2. The van der Waals surface area contributed by atoms with Gasteiger partial charge in [-0.25, -0.2) is 0 Å². The zero-order valence-corrected chi connectivity index (χ0v) is 10.8. The Labute approximate surface area is 119 Å². The van der Waals surface area contributed by atoms with Gasteiger partial charge in [0.25, 0.3) is 5.91 Å². The lowest BCUT2D eigenvalue weighted by Gasteiger charge is -2.13. The van der Waals surface area contributed by atoms with Crippen molar-refractivity contribution < 1.29 is 27.8 Å². The van der Waals surface area contributed by atoms with E-state index in [4.69, 9.17) is 4.42 Å². The SMILES string of the molecule is O=C(NCC(O)c1cccc(OC(F)F)c1)c1ccco1. The third kappa shape index (κ3) is 4.28. The fourth-order valence-electron chi connectivity index (χ4n) is 1.70. The Morgan fingerprint density at radius 3 is 2.81 bits per heavy atom. The summed E-state index contributed by atoms with van der Waals surface area (Å²) in [4.78, 5) is 11.6. The third-order valence-electron chi connectivity index (χ3n) is 2.67. The highest BCUT2D eigenvalue weighted by Gasteiger charge is 2.13. The molecule has 1 amide bonds. The zero-order valence-electron chi connectivity index (χ0n) is 10.8. The lowest BCUT2D eigenvalue weighted by molar-refractivity contribution is -0.0499. The standard InChI is InChI=1S/C14H13F2NO4/c15-14(16)21-10-4-1-3-9(7-10)11(18)8-17-13(19)12-5-2-6-20-12/h1-7,11,14,18H,8H2,(H,17,19). The minimum atomic E-state index is -2.93. The highest BCUT2D eigenvalue weighted by Crippen LogP contribution is 2.20. The normalized spacial score (nSPS) is 12.2. The van der Waals surface area contributed by atoms with Gasteiger partial charge in [0.15, 0.2) is 5.76 Å². The molecule has 21 heavy (non-hydrogen) atoms. The first-order valence-corrected chi connectivity index (χ1v) is 6.11. The van der Waals surface area contributed by atoms with Gasteiger partial charge in [0.05, 0.1) is 12.4 Å². The lowest BCUT2D eigenvalue weighted by atomic mass is 10.1. The van der Waals surface area contributed by atoms with Crippen LogP contribution in [0.3, 0.4) is 0 Å². The molecule has 2 rings (SSSR count). The molecule has 0 aliphatic carbocycles. The highest BCUT2D eigenvalue weighted by atomic mass is 19.3. The maximum Gasteiger partial charge on any atom is 0.387 e. The Kier molecular flexibility index (Phi) is 4.89. The first-order valence-electron chi connectivity index (χ1n) is 6.11. The average Bonchev–Trinajstić information content (AvgIpc) is 2.98. The molecule has 0 spiro atoms. The summed E-state index contributed by atoms with van der Waals surface area (Å²) in [6.07, 6.45) is 0.307. The molecule has 2 N–H and O–H groups in total. The summed E-state index contributed by atoms with van der Waals surface area (Å²) >= 11 is 0. The van der Waals surface area contributed by atoms with Gasteiger partial charge in [0.2, 0.25) is 0 Å². The molecule has 1 heterocycles. The molecule has 0 aliphatic heterocycles. The van der Waals surface area contributed by atoms with E-state index in [1.165, 1.54) is 30.5 Å². The number of ether oxygens (including phenoxy) is 1. The quantitative estimate of drug-likeness (QED) is 0.858. The molecule has 0 saturated carbocycles. The summed E-state index contributed by atoms with van der Waals surface area (Å²) in [5, 5.41) is 12.4. The van der Waals surface area contributed by atoms with Crippen molar-refractivity contribution >= 4 is 5.91 Å². The van der Waals surface area contributed by atoms with E-state index >= 15 is 0 Å². The topological polar surface area (TPSA) is 71.7 Å². The van der Waals surface area contributed by atoms with Gasteiger partial charge >= 0.3 is 6.61 Å². The Hall–Kier alpha value is -2.41. The molecule has 112 valence electrons. The molecule has 5 nitrogen and oxygen atoms in total. The van der Waals surface area contributed by atoms with Gasteiger partial charge in [0, 0.05) is 6.54 Å². The van der Waals surface area contributed by atoms with Crippen LogP contribution in [-0.2, 0) is 0 Å². The third-order valence-corrected chi connectivity index (χ3v) is 2.67. The number of hydrogen-bond acceptors (Lipinski definition) is 4. The summed E-state index contributed by atoms with van der Waals surface area (Å²) in [6.45, 7) is -3.02. The maximum absolute atomic E-state index is 12.1. The van der Waals surface area contributed by atoms with Gasteiger partial charge in [-0.05, 0) is 29.8 Å². The van der Waals surface area contributed by atoms with Gasteiger partial charge in [-0.3, -0.25) is 4.79 Å². The smallest absolute Gasteiger partial charge is 0.387 e. The highest BCUT2D eigenvalue weighted by molar-refractivity contribution is 5.91. The Morgan fingerprint density at radius 1 is 1.33 bits per heavy atom. The fraction of sp³-hybridized carbons (Fsp3) is 0.214. The van der Waals surface area contributed by atoms with E-state index in [1.54, 1.807) is 12.1 Å². The minimum absolute atomic E-state index is 0.0566. The van der Waals surface area contributed by atoms with Crippen LogP contribution in [-0.4, -0.2) is 24.2 Å². The first kappa shape index (κ1) is 15.0. The molecule has 0 radical (unpaired) electrons. The number of amides is 1. The van der Waals surface area contributed by atoms with Crippen LogP contribution in [0.4, 0.5) is 8.78 Å². The number of benzene rings is 1. The number of aliphatic hydroxyl groups excluding tert-OH is 1. The predicted octanol–water partition coefficient (Wildman–Crippen LogP) is 2.34. The molecule has 0 aliphatic rings. The maximum atomic E-state index is 12.1. The molecule has 1 unspecified atom stereocenters. The van der Waals surface area contributed by atoms with E-state index in [2.05, 4.69) is 10.1 Å². The molecule has 2 aromatic rings. The van der Waals surface area contributed by atoms with Crippen LogP contribution in [0.25, 0.3) is 0 Å². The van der Waals surface area contributed by atoms with Crippen molar-refractivity contribution in [3.8, 4) is 5.75 Å². The number of carbonyl (C=O) groups excluding carboxylic acids is 1. The van der Waals surface area contributed by atoms with Crippen LogP contribution in [0.2, 0.25) is 0 Å². The van der Waals surface area contributed by atoms with Crippen LogP contribution >= 0.6 is 0 Å². The van der Waals surface area contributed by atoms with Crippen LogP contribution in [0.15, 0.2) is 47.1 Å². The molecule has 1 aromatic heterocycles. The summed E-state index contributed by atoms with van der Waals surface area (Å²) in [5.41, 5.74) is 0.355. The summed E-state index contributed by atoms with van der Waals surface area (Å²) in [5.74, 6) is -0.407. The van der Waals surface area contributed by atoms with E-state index in [-0.39, 0.29) is 18.1 Å². The van der Waals surface area contributed by atoms with Crippen molar-refractivity contribution in [2.45, 2.75) is 12.7 Å². The molecular weight excluding hydrogens is 284 g/mol. The van der Waals surface area contributed by atoms with Crippen molar-refractivity contribution in [1.82, 2.24) is 5.32 Å². The summed E-state index contributed by atoms with van der Waals surface area (Å²) in [6, 6.07) is 8.71. The molecule has 7 heteroatoms. The Balaban J connectivity index is 1.94. The van der Waals surface area contributed by atoms with Gasteiger partial charge in [0.1, 0.15) is 5.75 Å². The molecular formula is C14H13F2NO4. The minimum Gasteiger partial charge on any atom is -0.459 e. The van der Waals surface area contributed by atoms with Crippen LogP contribution < -0.4 is 10.1 Å². The van der Waals surface area contributed by atoms with E-state index in [0.29, 0.717) is 5.56 Å². The van der Waals surface area contributed by atoms with E-state index in [0.717, 1.165) is 0 Å². The second-order valence-electron chi connectivity index (χ2n) is 4.15. The van der Waals surface area contributed by atoms with Crippen molar-refractivity contribution in [2.24, 2.45) is 0 Å². The molecule has 0 saturated heterocycles. The number of furan rings is 1. The van der Waals surface area contributed by atoms with Gasteiger partial charge in [-0.15, -0.1) is 0 Å². The second kappa shape index (κ2) is 6.85. The van der Waals surface area contributed by atoms with Crippen molar-refractivity contribution in [1.29, 1.82) is 0 Å². The summed E-state index contributed by atoms with van der Waals surface area (Å²) < 4.78 is 33.4. The number of rotatable bonds is 6. The predicted molar refractivity (Wildman–Crippen MR) is 69.1 cm³/mol. The largest absolute Gasteiger partial charge is 0.459 e. The van der Waals surface area contributed by atoms with Gasteiger partial charge < -0.3 is 19.6 Å². The molecule has 0 bridgehead atoms. The van der Waals surface area contributed by atoms with Gasteiger partial charge in [-0.1, -0.05) is 12.1 Å². The number of nitrogens with one attached hydrogen (secondary N) is 1. The van der Waals surface area contributed by atoms with E-state index in [1.807, 2.05) is 0 Å². The number of aliphatic hydroxyl groups is 1. The van der Waals surface area contributed by atoms with Crippen LogP contribution in [0.1, 0.15) is 22.2 Å². The Morgan fingerprint density at radius 2 is 2.14 bits per heavy atom. The van der Waals surface area contributed by atoms with Crippen molar-refractivity contribution in [2.75, 3.05) is 6.54 Å². The Bertz CT molecular complexity index is 586. The van der Waals surface area contributed by atoms with Crippen LogP contribution in [0.5, 0.6) is 5.75 Å². The van der Waals surface area contributed by atoms with E-state index < -0.39 is 18.6 Å². The number of carbonyl (C=O) groups is 1. The molecule has 0 fully saturated rings. The van der Waals surface area contributed by atoms with E-state index in [9.17, 15) is 18.7 Å². The van der Waals surface area contributed by atoms with Gasteiger partial charge in [-0.2, -0.15) is 8.78 Å². The number of alkyl halides is 2. The zero-order chi connectivity index (χ0) is 15.2. The average molecular weight is 297 g/mol. The second-order valence-corrected chi connectivity index (χ2v) is 4.15. The molecule has 1 aromatic carbocycles. The first-order chi connectivity index (χ1) is 10.1.